The first kappa shape index (κ1) is 20.5. The summed E-state index contributed by atoms with van der Waals surface area (Å²) >= 11 is 6.03. The second-order valence-electron chi connectivity index (χ2n) is 8.80. The van der Waals surface area contributed by atoms with Gasteiger partial charge >= 0.3 is 0 Å². The number of pyridine rings is 1. The molecule has 1 aliphatic carbocycles. The highest BCUT2D eigenvalue weighted by atomic mass is 35.5. The maximum atomic E-state index is 10.3. The number of hydrogen-bond acceptors (Lipinski definition) is 7. The zero-order chi connectivity index (χ0) is 21.5. The van der Waals surface area contributed by atoms with E-state index in [4.69, 9.17) is 16.0 Å². The fraction of sp³-hybridized carbons (Fsp3) is 0.478. The number of aliphatic hydroxyl groups excluding tert-OH is 1. The number of likely N-dealkylation sites (tertiary alicyclic amines) is 1. The topological polar surface area (TPSA) is 94.7 Å². The Balaban J connectivity index is 1.31. The summed E-state index contributed by atoms with van der Waals surface area (Å²) in [6, 6.07) is 7.68. The number of benzene rings is 1. The number of rotatable bonds is 5. The van der Waals surface area contributed by atoms with Crippen molar-refractivity contribution in [2.24, 2.45) is 5.92 Å². The molecule has 0 radical (unpaired) electrons. The molecular formula is C23H27ClN4O3. The Morgan fingerprint density at radius 2 is 2.10 bits per heavy atom. The number of oxazole rings is 1. The predicted octanol–water partition coefficient (Wildman–Crippen LogP) is 4.20. The van der Waals surface area contributed by atoms with E-state index in [1.165, 1.54) is 6.07 Å². The Kier molecular flexibility index (Phi) is 5.50. The van der Waals surface area contributed by atoms with Gasteiger partial charge in [0.2, 0.25) is 5.65 Å². The van der Waals surface area contributed by atoms with Gasteiger partial charge in [0.05, 0.1) is 11.8 Å². The lowest BCUT2D eigenvalue weighted by Crippen LogP contribution is -2.47. The van der Waals surface area contributed by atoms with Crippen molar-refractivity contribution in [2.75, 3.05) is 25.0 Å². The molecule has 0 spiro atoms. The zero-order valence-corrected chi connectivity index (χ0v) is 18.3. The number of nitrogens with zero attached hydrogens (tertiary/aromatic N) is 3. The molecule has 31 heavy (non-hydrogen) atoms. The molecule has 3 heterocycles. The number of halogens is 1. The summed E-state index contributed by atoms with van der Waals surface area (Å²) in [5, 5.41) is 24.1. The van der Waals surface area contributed by atoms with Gasteiger partial charge in [-0.05, 0) is 74.9 Å². The molecule has 0 unspecified atom stereocenters. The van der Waals surface area contributed by atoms with Gasteiger partial charge in [-0.3, -0.25) is 0 Å². The number of piperidine rings is 1. The smallest absolute Gasteiger partial charge is 0.297 e. The molecule has 3 aromatic rings. The van der Waals surface area contributed by atoms with Gasteiger partial charge in [0.15, 0.2) is 5.58 Å². The van der Waals surface area contributed by atoms with Crippen LogP contribution in [0.25, 0.3) is 22.5 Å². The van der Waals surface area contributed by atoms with Crippen molar-refractivity contribution in [3.8, 4) is 17.0 Å². The van der Waals surface area contributed by atoms with Gasteiger partial charge in [-0.2, -0.15) is 4.98 Å². The van der Waals surface area contributed by atoms with Gasteiger partial charge in [0.25, 0.3) is 6.01 Å². The first-order chi connectivity index (χ1) is 15.0. The van der Waals surface area contributed by atoms with Crippen LogP contribution in [-0.4, -0.2) is 56.9 Å². The number of aryl methyl sites for hydroxylation is 1. The van der Waals surface area contributed by atoms with Crippen LogP contribution in [0.4, 0.5) is 6.01 Å². The third kappa shape index (κ3) is 4.22. The maximum absolute atomic E-state index is 10.3. The molecule has 1 saturated carbocycles. The molecule has 2 fully saturated rings. The number of phenolic OH excluding ortho intramolecular Hbond substituents is 1. The van der Waals surface area contributed by atoms with E-state index < -0.39 is 0 Å². The van der Waals surface area contributed by atoms with E-state index in [2.05, 4.69) is 20.2 Å². The molecule has 8 heteroatoms. The third-order valence-corrected chi connectivity index (χ3v) is 6.71. The fourth-order valence-corrected chi connectivity index (χ4v) is 4.96. The minimum Gasteiger partial charge on any atom is -0.507 e. The van der Waals surface area contributed by atoms with E-state index in [9.17, 15) is 10.2 Å². The molecule has 0 amide bonds. The zero-order valence-electron chi connectivity index (χ0n) is 17.5. The molecule has 3 N–H and O–H groups in total. The molecule has 1 saturated heterocycles. The van der Waals surface area contributed by atoms with E-state index in [1.54, 1.807) is 6.07 Å². The number of anilines is 1. The molecule has 7 nitrogen and oxygen atoms in total. The molecule has 164 valence electrons. The number of nitrogens with one attached hydrogen (secondary N) is 1. The molecule has 3 atom stereocenters. The van der Waals surface area contributed by atoms with Crippen LogP contribution in [0.2, 0.25) is 5.02 Å². The van der Waals surface area contributed by atoms with Crippen molar-refractivity contribution < 1.29 is 14.6 Å². The Hall–Kier alpha value is -2.35. The Morgan fingerprint density at radius 3 is 2.84 bits per heavy atom. The van der Waals surface area contributed by atoms with Crippen LogP contribution in [0, 0.1) is 12.8 Å². The van der Waals surface area contributed by atoms with Gasteiger partial charge in [-0.1, -0.05) is 11.6 Å². The highest BCUT2D eigenvalue weighted by Crippen LogP contribution is 2.35. The largest absolute Gasteiger partial charge is 0.507 e. The summed E-state index contributed by atoms with van der Waals surface area (Å²) in [6.45, 7) is 4.84. The Labute approximate surface area is 186 Å². The van der Waals surface area contributed by atoms with Gasteiger partial charge in [-0.15, -0.1) is 0 Å². The highest BCUT2D eigenvalue weighted by Gasteiger charge is 2.32. The minimum atomic E-state index is -0.130. The van der Waals surface area contributed by atoms with Crippen molar-refractivity contribution >= 4 is 28.8 Å². The van der Waals surface area contributed by atoms with Crippen molar-refractivity contribution in [3.05, 3.63) is 34.9 Å². The summed E-state index contributed by atoms with van der Waals surface area (Å²) in [5.41, 5.74) is 3.21. The lowest BCUT2D eigenvalue weighted by molar-refractivity contribution is -0.000278. The number of hydrogen-bond donors (Lipinski definition) is 3. The van der Waals surface area contributed by atoms with E-state index in [-0.39, 0.29) is 17.9 Å². The molecule has 1 aromatic carbocycles. The molecule has 5 rings (SSSR count). The second kappa shape index (κ2) is 8.30. The number of aromatic nitrogens is 2. The van der Waals surface area contributed by atoms with Crippen LogP contribution in [0.5, 0.6) is 5.75 Å². The Bertz CT molecular complexity index is 1080. The summed E-state index contributed by atoms with van der Waals surface area (Å²) in [5.74, 6) is 0.510. The second-order valence-corrected chi connectivity index (χ2v) is 9.24. The normalized spacial score (nSPS) is 24.3. The van der Waals surface area contributed by atoms with Gasteiger partial charge in [0.1, 0.15) is 5.75 Å². The highest BCUT2D eigenvalue weighted by molar-refractivity contribution is 6.31. The van der Waals surface area contributed by atoms with E-state index in [0.29, 0.717) is 39.4 Å². The fourth-order valence-electron chi connectivity index (χ4n) is 4.69. The molecule has 0 bridgehead atoms. The summed E-state index contributed by atoms with van der Waals surface area (Å²) < 4.78 is 5.88. The van der Waals surface area contributed by atoms with Crippen molar-refractivity contribution in [3.63, 3.8) is 0 Å². The van der Waals surface area contributed by atoms with Crippen LogP contribution < -0.4 is 5.32 Å². The third-order valence-electron chi connectivity index (χ3n) is 6.49. The van der Waals surface area contributed by atoms with E-state index in [0.717, 1.165) is 50.9 Å². The van der Waals surface area contributed by atoms with Crippen LogP contribution in [-0.2, 0) is 0 Å². The van der Waals surface area contributed by atoms with E-state index >= 15 is 0 Å². The minimum absolute atomic E-state index is 0.0950. The number of aliphatic hydroxyl groups is 1. The van der Waals surface area contributed by atoms with Crippen LogP contribution >= 0.6 is 11.6 Å². The lowest BCUT2D eigenvalue weighted by atomic mass is 9.81. The van der Waals surface area contributed by atoms with Gasteiger partial charge in [0, 0.05) is 29.7 Å². The van der Waals surface area contributed by atoms with Crippen molar-refractivity contribution in [1.82, 2.24) is 14.9 Å². The number of aromatic hydroxyl groups is 1. The average Bonchev–Trinajstić information content (AvgIpc) is 3.12. The van der Waals surface area contributed by atoms with Crippen molar-refractivity contribution in [1.29, 1.82) is 0 Å². The lowest BCUT2D eigenvalue weighted by Gasteiger charge is -2.40. The molecule has 1 aliphatic heterocycles. The summed E-state index contributed by atoms with van der Waals surface area (Å²) in [6.07, 6.45) is 4.09. The van der Waals surface area contributed by atoms with Gasteiger partial charge in [-0.25, -0.2) is 4.98 Å². The predicted molar refractivity (Wildman–Crippen MR) is 120 cm³/mol. The summed E-state index contributed by atoms with van der Waals surface area (Å²) in [4.78, 5) is 11.6. The number of phenols is 1. The first-order valence-corrected chi connectivity index (χ1v) is 11.3. The standard InChI is InChI=1S/C23H27ClN4O3/c1-13-9-15(24)10-19(30)21(13)17-5-7-20-22(26-17)27-23(31-20)25-16-3-2-8-28(12-16)11-14-4-6-18(14)29/h5,7,9-10,14,16,18,29-30H,2-4,6,8,11-12H2,1H3,(H,25,26,27)/t14-,16+,18-/m0/s1. The number of fused-ring (bicyclic) bond motifs is 1. The Morgan fingerprint density at radius 1 is 1.23 bits per heavy atom. The maximum Gasteiger partial charge on any atom is 0.297 e. The van der Waals surface area contributed by atoms with Crippen LogP contribution in [0.3, 0.4) is 0 Å². The van der Waals surface area contributed by atoms with Crippen LogP contribution in [0.1, 0.15) is 31.2 Å². The monoisotopic (exact) mass is 442 g/mol. The van der Waals surface area contributed by atoms with E-state index in [1.807, 2.05) is 19.1 Å². The average molecular weight is 443 g/mol. The SMILES string of the molecule is Cc1cc(Cl)cc(O)c1-c1ccc2oc(N[C@@H]3CCCN(C[C@@H]4CC[C@@H]4O)C3)nc2n1. The van der Waals surface area contributed by atoms with Crippen LogP contribution in [0.15, 0.2) is 28.7 Å². The summed E-state index contributed by atoms with van der Waals surface area (Å²) in [7, 11) is 0. The van der Waals surface area contributed by atoms with Gasteiger partial charge < -0.3 is 24.8 Å². The first-order valence-electron chi connectivity index (χ1n) is 10.9. The van der Waals surface area contributed by atoms with Crippen molar-refractivity contribution in [2.45, 2.75) is 44.8 Å². The molecular weight excluding hydrogens is 416 g/mol. The quantitative estimate of drug-likeness (QED) is 0.545. The molecule has 2 aliphatic rings. The molecule has 2 aromatic heterocycles.